The highest BCUT2D eigenvalue weighted by Crippen LogP contribution is 2.43. The topological polar surface area (TPSA) is 66.4 Å². The normalized spacial score (nSPS) is 30.8. The number of rotatable bonds is 2. The maximum absolute atomic E-state index is 10.9. The maximum atomic E-state index is 10.9. The number of amides is 1. The summed E-state index contributed by atoms with van der Waals surface area (Å²) in [5.41, 5.74) is -0.516. The van der Waals surface area contributed by atoms with Crippen molar-refractivity contribution < 1.29 is 14.7 Å². The van der Waals surface area contributed by atoms with Crippen molar-refractivity contribution in [3.63, 3.8) is 0 Å². The molecule has 0 bridgehead atoms. The zero-order valence-corrected chi connectivity index (χ0v) is 10.2. The molecule has 4 nitrogen and oxygen atoms in total. The molecule has 16 heavy (non-hydrogen) atoms. The van der Waals surface area contributed by atoms with Gasteiger partial charge in [0, 0.05) is 11.5 Å². The Morgan fingerprint density at radius 3 is 2.19 bits per heavy atom. The van der Waals surface area contributed by atoms with Crippen LogP contribution in [0, 0.1) is 11.3 Å². The minimum Gasteiger partial charge on any atom is -0.465 e. The third kappa shape index (κ3) is 2.54. The van der Waals surface area contributed by atoms with Crippen LogP contribution in [0.15, 0.2) is 0 Å². The lowest BCUT2D eigenvalue weighted by atomic mass is 9.64. The fourth-order valence-electron chi connectivity index (χ4n) is 2.54. The Morgan fingerprint density at radius 2 is 1.88 bits per heavy atom. The quantitative estimate of drug-likeness (QED) is 0.712. The van der Waals surface area contributed by atoms with Crippen molar-refractivity contribution in [3.05, 3.63) is 0 Å². The van der Waals surface area contributed by atoms with Crippen LogP contribution in [0.4, 0.5) is 4.79 Å². The molecule has 2 N–H and O–H groups in total. The highest BCUT2D eigenvalue weighted by molar-refractivity contribution is 5.66. The van der Waals surface area contributed by atoms with Crippen molar-refractivity contribution in [1.29, 1.82) is 0 Å². The second-order valence-electron chi connectivity index (χ2n) is 5.74. The van der Waals surface area contributed by atoms with Crippen molar-refractivity contribution in [2.45, 2.75) is 52.0 Å². The lowest BCUT2D eigenvalue weighted by molar-refractivity contribution is -0.112. The van der Waals surface area contributed by atoms with E-state index in [9.17, 15) is 9.59 Å². The minimum atomic E-state index is -0.973. The number of carboxylic acid groups (broad SMARTS) is 1. The second-order valence-corrected chi connectivity index (χ2v) is 5.74. The van der Waals surface area contributed by atoms with E-state index in [1.165, 1.54) is 0 Å². The number of hydrogen-bond donors (Lipinski definition) is 2. The van der Waals surface area contributed by atoms with Gasteiger partial charge in [-0.1, -0.05) is 20.8 Å². The molecule has 1 amide bonds. The molecule has 0 aromatic rings. The molecule has 1 aliphatic rings. The lowest BCUT2D eigenvalue weighted by Gasteiger charge is -2.48. The van der Waals surface area contributed by atoms with Gasteiger partial charge in [-0.25, -0.2) is 4.79 Å². The Morgan fingerprint density at radius 1 is 1.38 bits per heavy atom. The number of hydrogen-bond acceptors (Lipinski definition) is 2. The zero-order valence-electron chi connectivity index (χ0n) is 10.2. The standard InChI is InChI=1S/C12H21NO3/c1-11(2,3)12(13-10(15)16)6-4-9(8-14)5-7-12/h8-9,13H,4-7H2,1-3H3,(H,15,16). The highest BCUT2D eigenvalue weighted by atomic mass is 16.4. The van der Waals surface area contributed by atoms with Crippen LogP contribution in [0.2, 0.25) is 0 Å². The SMILES string of the molecule is CC(C)(C)C1(NC(=O)O)CCC(C=O)CC1. The lowest BCUT2D eigenvalue weighted by Crippen LogP contribution is -2.58. The molecule has 0 aromatic heterocycles. The van der Waals surface area contributed by atoms with Crippen LogP contribution in [0.5, 0.6) is 0 Å². The van der Waals surface area contributed by atoms with E-state index in [1.807, 2.05) is 20.8 Å². The smallest absolute Gasteiger partial charge is 0.405 e. The average molecular weight is 227 g/mol. The molecular formula is C12H21NO3. The van der Waals surface area contributed by atoms with Crippen LogP contribution in [0.25, 0.3) is 0 Å². The van der Waals surface area contributed by atoms with Crippen molar-refractivity contribution >= 4 is 12.4 Å². The third-order valence-corrected chi connectivity index (χ3v) is 3.86. The molecule has 0 radical (unpaired) electrons. The number of aldehydes is 1. The number of nitrogens with one attached hydrogen (secondary N) is 1. The highest BCUT2D eigenvalue weighted by Gasteiger charge is 2.45. The summed E-state index contributed by atoms with van der Waals surface area (Å²) in [7, 11) is 0. The van der Waals surface area contributed by atoms with Crippen LogP contribution in [-0.2, 0) is 4.79 Å². The summed E-state index contributed by atoms with van der Waals surface area (Å²) < 4.78 is 0. The molecule has 4 heteroatoms. The van der Waals surface area contributed by atoms with Gasteiger partial charge >= 0.3 is 6.09 Å². The van der Waals surface area contributed by atoms with E-state index in [0.717, 1.165) is 32.0 Å². The molecule has 1 fully saturated rings. The summed E-state index contributed by atoms with van der Waals surface area (Å²) in [4.78, 5) is 21.6. The van der Waals surface area contributed by atoms with Crippen LogP contribution in [0.1, 0.15) is 46.5 Å². The van der Waals surface area contributed by atoms with Crippen molar-refractivity contribution in [1.82, 2.24) is 5.32 Å². The average Bonchev–Trinajstić information content (AvgIpc) is 2.16. The monoisotopic (exact) mass is 227 g/mol. The number of carbonyl (C=O) groups excluding carboxylic acids is 1. The molecule has 0 saturated heterocycles. The summed E-state index contributed by atoms with van der Waals surface area (Å²) in [6.45, 7) is 6.14. The van der Waals surface area contributed by atoms with Crippen molar-refractivity contribution in [2.24, 2.45) is 11.3 Å². The summed E-state index contributed by atoms with van der Waals surface area (Å²) in [6.07, 6.45) is 3.06. The van der Waals surface area contributed by atoms with E-state index >= 15 is 0 Å². The Bertz CT molecular complexity index is 272. The largest absolute Gasteiger partial charge is 0.465 e. The van der Waals surface area contributed by atoms with Crippen molar-refractivity contribution in [2.75, 3.05) is 0 Å². The molecule has 0 spiro atoms. The van der Waals surface area contributed by atoms with Gasteiger partial charge < -0.3 is 15.2 Å². The summed E-state index contributed by atoms with van der Waals surface area (Å²) in [6, 6.07) is 0. The summed E-state index contributed by atoms with van der Waals surface area (Å²) >= 11 is 0. The van der Waals surface area contributed by atoms with Crippen molar-refractivity contribution in [3.8, 4) is 0 Å². The van der Waals surface area contributed by atoms with Gasteiger partial charge in [0.05, 0.1) is 0 Å². The van der Waals surface area contributed by atoms with E-state index in [-0.39, 0.29) is 11.3 Å². The summed E-state index contributed by atoms with van der Waals surface area (Å²) in [5, 5.41) is 11.6. The first-order chi connectivity index (χ1) is 7.31. The maximum Gasteiger partial charge on any atom is 0.405 e. The minimum absolute atomic E-state index is 0.103. The van der Waals surface area contributed by atoms with E-state index in [0.29, 0.717) is 0 Å². The molecule has 0 heterocycles. The first-order valence-electron chi connectivity index (χ1n) is 5.77. The van der Waals surface area contributed by atoms with Gasteiger partial charge in [0.2, 0.25) is 0 Å². The van der Waals surface area contributed by atoms with E-state index < -0.39 is 11.6 Å². The Kier molecular flexibility index (Phi) is 3.61. The number of carbonyl (C=O) groups is 2. The Hall–Kier alpha value is -1.06. The first kappa shape index (κ1) is 13.0. The van der Waals surface area contributed by atoms with E-state index in [1.54, 1.807) is 0 Å². The molecule has 0 unspecified atom stereocenters. The molecule has 0 aliphatic heterocycles. The van der Waals surface area contributed by atoms with Gasteiger partial charge in [-0.15, -0.1) is 0 Å². The van der Waals surface area contributed by atoms with E-state index in [4.69, 9.17) is 5.11 Å². The van der Waals surface area contributed by atoms with Gasteiger partial charge in [-0.3, -0.25) is 0 Å². The van der Waals surface area contributed by atoms with Gasteiger partial charge in [-0.2, -0.15) is 0 Å². The molecule has 1 rings (SSSR count). The predicted molar refractivity (Wildman–Crippen MR) is 61.4 cm³/mol. The fourth-order valence-corrected chi connectivity index (χ4v) is 2.54. The van der Waals surface area contributed by atoms with Gasteiger partial charge in [-0.05, 0) is 31.1 Å². The molecule has 92 valence electrons. The van der Waals surface area contributed by atoms with Crippen LogP contribution < -0.4 is 5.32 Å². The Labute approximate surface area is 96.4 Å². The molecule has 1 saturated carbocycles. The third-order valence-electron chi connectivity index (χ3n) is 3.86. The van der Waals surface area contributed by atoms with Crippen LogP contribution in [0.3, 0.4) is 0 Å². The molecule has 0 atom stereocenters. The molecular weight excluding hydrogens is 206 g/mol. The first-order valence-corrected chi connectivity index (χ1v) is 5.77. The van der Waals surface area contributed by atoms with E-state index in [2.05, 4.69) is 5.32 Å². The van der Waals surface area contributed by atoms with Crippen LogP contribution in [-0.4, -0.2) is 23.0 Å². The van der Waals surface area contributed by atoms with Crippen LogP contribution >= 0.6 is 0 Å². The molecule has 1 aliphatic carbocycles. The zero-order chi connectivity index (χ0) is 12.4. The predicted octanol–water partition coefficient (Wildman–Crippen LogP) is 2.43. The van der Waals surface area contributed by atoms with Gasteiger partial charge in [0.25, 0.3) is 0 Å². The van der Waals surface area contributed by atoms with Gasteiger partial charge in [0.1, 0.15) is 6.29 Å². The Balaban J connectivity index is 2.82. The fraction of sp³-hybridized carbons (Fsp3) is 0.833. The summed E-state index contributed by atoms with van der Waals surface area (Å²) in [5.74, 6) is 0.103. The molecule has 0 aromatic carbocycles. The second kappa shape index (κ2) is 4.44. The van der Waals surface area contributed by atoms with Gasteiger partial charge in [0.15, 0.2) is 0 Å².